The van der Waals surface area contributed by atoms with Gasteiger partial charge in [-0.25, -0.2) is 0 Å². The molecule has 0 fully saturated rings. The normalized spacial score (nSPS) is 11.3. The Balaban J connectivity index is 1.84. The van der Waals surface area contributed by atoms with Gasteiger partial charge in [-0.1, -0.05) is 45.0 Å². The standard InChI is InChI=1S/C20H24O3/c1-20(2,3)16-7-5-8-18(14-16)23-19(22)9-4-6-15-10-12-17(21)13-11-15/h5,7-8,10-14,21H,4,6,9H2,1-3H3. The topological polar surface area (TPSA) is 46.5 Å². The summed E-state index contributed by atoms with van der Waals surface area (Å²) in [7, 11) is 0. The fraction of sp³-hybridized carbons (Fsp3) is 0.350. The summed E-state index contributed by atoms with van der Waals surface area (Å²) in [6, 6.07) is 14.8. The molecular weight excluding hydrogens is 288 g/mol. The zero-order chi connectivity index (χ0) is 16.9. The second-order valence-electron chi connectivity index (χ2n) is 6.77. The van der Waals surface area contributed by atoms with E-state index in [1.54, 1.807) is 12.1 Å². The van der Waals surface area contributed by atoms with Crippen molar-refractivity contribution in [3.8, 4) is 11.5 Å². The number of carbonyl (C=O) groups is 1. The van der Waals surface area contributed by atoms with Gasteiger partial charge < -0.3 is 9.84 Å². The second kappa shape index (κ2) is 7.32. The molecule has 122 valence electrons. The largest absolute Gasteiger partial charge is 0.508 e. The number of rotatable bonds is 5. The Morgan fingerprint density at radius 2 is 1.78 bits per heavy atom. The van der Waals surface area contributed by atoms with E-state index in [4.69, 9.17) is 4.74 Å². The van der Waals surface area contributed by atoms with Crippen molar-refractivity contribution in [1.29, 1.82) is 0 Å². The molecule has 0 aromatic heterocycles. The molecule has 0 unspecified atom stereocenters. The predicted octanol–water partition coefficient (Wildman–Crippen LogP) is 4.62. The molecule has 0 saturated carbocycles. The second-order valence-corrected chi connectivity index (χ2v) is 6.77. The van der Waals surface area contributed by atoms with Gasteiger partial charge in [0.05, 0.1) is 0 Å². The molecule has 0 atom stereocenters. The molecule has 2 rings (SSSR count). The Labute approximate surface area is 137 Å². The minimum atomic E-state index is -0.213. The Bertz CT molecular complexity index is 651. The lowest BCUT2D eigenvalue weighted by Gasteiger charge is -2.19. The molecule has 0 radical (unpaired) electrons. The van der Waals surface area contributed by atoms with Crippen molar-refractivity contribution in [1.82, 2.24) is 0 Å². The first kappa shape index (κ1) is 17.1. The van der Waals surface area contributed by atoms with E-state index in [-0.39, 0.29) is 17.1 Å². The SMILES string of the molecule is CC(C)(C)c1cccc(OC(=O)CCCc2ccc(O)cc2)c1. The van der Waals surface area contributed by atoms with Crippen molar-refractivity contribution in [3.63, 3.8) is 0 Å². The van der Waals surface area contributed by atoms with Crippen molar-refractivity contribution < 1.29 is 14.6 Å². The van der Waals surface area contributed by atoms with E-state index in [9.17, 15) is 9.90 Å². The fourth-order valence-electron chi connectivity index (χ4n) is 2.31. The third-order valence-electron chi connectivity index (χ3n) is 3.71. The molecule has 3 heteroatoms. The average Bonchev–Trinajstić information content (AvgIpc) is 2.49. The van der Waals surface area contributed by atoms with Crippen LogP contribution in [0.5, 0.6) is 11.5 Å². The lowest BCUT2D eigenvalue weighted by Crippen LogP contribution is -2.12. The molecule has 3 nitrogen and oxygen atoms in total. The van der Waals surface area contributed by atoms with Crippen molar-refractivity contribution in [2.75, 3.05) is 0 Å². The quantitative estimate of drug-likeness (QED) is 0.647. The van der Waals surface area contributed by atoms with Gasteiger partial charge in [-0.05, 0) is 53.6 Å². The Kier molecular flexibility index (Phi) is 5.43. The van der Waals surface area contributed by atoms with Crippen molar-refractivity contribution in [2.24, 2.45) is 0 Å². The molecule has 0 bridgehead atoms. The Morgan fingerprint density at radius 1 is 1.09 bits per heavy atom. The summed E-state index contributed by atoms with van der Waals surface area (Å²) >= 11 is 0. The highest BCUT2D eigenvalue weighted by molar-refractivity contribution is 5.72. The first-order chi connectivity index (χ1) is 10.8. The number of ether oxygens (including phenoxy) is 1. The number of aryl methyl sites for hydroxylation is 1. The molecule has 0 saturated heterocycles. The molecule has 2 aromatic carbocycles. The molecule has 0 spiro atoms. The first-order valence-corrected chi connectivity index (χ1v) is 7.94. The summed E-state index contributed by atoms with van der Waals surface area (Å²) < 4.78 is 5.43. The summed E-state index contributed by atoms with van der Waals surface area (Å²) in [6.45, 7) is 6.39. The van der Waals surface area contributed by atoms with E-state index in [0.29, 0.717) is 12.2 Å². The third-order valence-corrected chi connectivity index (χ3v) is 3.71. The maximum Gasteiger partial charge on any atom is 0.311 e. The highest BCUT2D eigenvalue weighted by Gasteiger charge is 2.14. The van der Waals surface area contributed by atoms with E-state index < -0.39 is 0 Å². The van der Waals surface area contributed by atoms with E-state index in [1.165, 1.54) is 0 Å². The maximum atomic E-state index is 12.0. The lowest BCUT2D eigenvalue weighted by atomic mass is 9.87. The average molecular weight is 312 g/mol. The monoisotopic (exact) mass is 312 g/mol. The van der Waals surface area contributed by atoms with Crippen molar-refractivity contribution in [3.05, 3.63) is 59.7 Å². The van der Waals surface area contributed by atoms with Crippen LogP contribution in [0, 0.1) is 0 Å². The third kappa shape index (κ3) is 5.44. The number of aromatic hydroxyl groups is 1. The van der Waals surface area contributed by atoms with E-state index in [1.807, 2.05) is 36.4 Å². The molecule has 0 amide bonds. The van der Waals surface area contributed by atoms with Crippen LogP contribution in [0.2, 0.25) is 0 Å². The number of phenols is 1. The maximum absolute atomic E-state index is 12.0. The zero-order valence-electron chi connectivity index (χ0n) is 14.0. The van der Waals surface area contributed by atoms with Gasteiger partial charge in [-0.15, -0.1) is 0 Å². The molecule has 2 aromatic rings. The molecule has 1 N–H and O–H groups in total. The summed E-state index contributed by atoms with van der Waals surface area (Å²) in [5.41, 5.74) is 2.28. The van der Waals surface area contributed by atoms with Gasteiger partial charge >= 0.3 is 5.97 Å². The van der Waals surface area contributed by atoms with Crippen molar-refractivity contribution in [2.45, 2.75) is 45.4 Å². The number of phenolic OH excluding ortho intramolecular Hbond substituents is 1. The molecule has 0 heterocycles. The zero-order valence-corrected chi connectivity index (χ0v) is 14.0. The Hall–Kier alpha value is -2.29. The minimum Gasteiger partial charge on any atom is -0.508 e. The van der Waals surface area contributed by atoms with E-state index >= 15 is 0 Å². The van der Waals surface area contributed by atoms with E-state index in [2.05, 4.69) is 20.8 Å². The highest BCUT2D eigenvalue weighted by atomic mass is 16.5. The van der Waals surface area contributed by atoms with Crippen LogP contribution in [0.15, 0.2) is 48.5 Å². The molecule has 0 aliphatic rings. The Morgan fingerprint density at radius 3 is 2.43 bits per heavy atom. The van der Waals surface area contributed by atoms with Crippen LogP contribution in [0.1, 0.15) is 44.7 Å². The number of esters is 1. The smallest absolute Gasteiger partial charge is 0.311 e. The number of benzene rings is 2. The summed E-state index contributed by atoms with van der Waals surface area (Å²) in [5, 5.41) is 9.24. The summed E-state index contributed by atoms with van der Waals surface area (Å²) in [4.78, 5) is 12.0. The van der Waals surface area contributed by atoms with Crippen LogP contribution in [-0.4, -0.2) is 11.1 Å². The fourth-order valence-corrected chi connectivity index (χ4v) is 2.31. The van der Waals surface area contributed by atoms with Gasteiger partial charge in [0, 0.05) is 6.42 Å². The minimum absolute atomic E-state index is 0.0291. The highest BCUT2D eigenvalue weighted by Crippen LogP contribution is 2.25. The van der Waals surface area contributed by atoms with E-state index in [0.717, 1.165) is 24.0 Å². The van der Waals surface area contributed by atoms with Crippen LogP contribution < -0.4 is 4.74 Å². The molecular formula is C20H24O3. The van der Waals surface area contributed by atoms with Crippen LogP contribution in [0.3, 0.4) is 0 Å². The van der Waals surface area contributed by atoms with Gasteiger partial charge in [0.1, 0.15) is 11.5 Å². The first-order valence-electron chi connectivity index (χ1n) is 7.94. The molecule has 0 aliphatic carbocycles. The number of hydrogen-bond donors (Lipinski definition) is 1. The predicted molar refractivity (Wildman–Crippen MR) is 91.8 cm³/mol. The van der Waals surface area contributed by atoms with Gasteiger partial charge in [0.15, 0.2) is 0 Å². The summed E-state index contributed by atoms with van der Waals surface area (Å²) in [5.74, 6) is 0.647. The van der Waals surface area contributed by atoms with Gasteiger partial charge in [0.2, 0.25) is 0 Å². The molecule has 23 heavy (non-hydrogen) atoms. The summed E-state index contributed by atoms with van der Waals surface area (Å²) in [6.07, 6.45) is 1.89. The van der Waals surface area contributed by atoms with Crippen LogP contribution in [-0.2, 0) is 16.6 Å². The van der Waals surface area contributed by atoms with Crippen molar-refractivity contribution >= 4 is 5.97 Å². The van der Waals surface area contributed by atoms with Crippen LogP contribution in [0.25, 0.3) is 0 Å². The van der Waals surface area contributed by atoms with Gasteiger partial charge in [-0.3, -0.25) is 4.79 Å². The number of carbonyl (C=O) groups excluding carboxylic acids is 1. The van der Waals surface area contributed by atoms with Gasteiger partial charge in [0.25, 0.3) is 0 Å². The number of hydrogen-bond acceptors (Lipinski definition) is 3. The lowest BCUT2D eigenvalue weighted by molar-refractivity contribution is -0.134. The van der Waals surface area contributed by atoms with Crippen LogP contribution >= 0.6 is 0 Å². The van der Waals surface area contributed by atoms with Gasteiger partial charge in [-0.2, -0.15) is 0 Å². The molecule has 0 aliphatic heterocycles. The van der Waals surface area contributed by atoms with Crippen LogP contribution in [0.4, 0.5) is 0 Å².